The molecule has 0 spiro atoms. The van der Waals surface area contributed by atoms with Gasteiger partial charge in [0.05, 0.1) is 14.2 Å². The minimum Gasteiger partial charge on any atom is -0.466 e. The SMILES string of the molecule is COC(=O)C(O)(C(=O)OC)c1ccc(Cl)cc1Cl. The molecule has 0 aliphatic heterocycles. The van der Waals surface area contributed by atoms with Gasteiger partial charge in [-0.15, -0.1) is 0 Å². The molecule has 0 bridgehead atoms. The maximum absolute atomic E-state index is 11.6. The molecule has 0 atom stereocenters. The largest absolute Gasteiger partial charge is 0.466 e. The Morgan fingerprint density at radius 3 is 2.06 bits per heavy atom. The molecule has 18 heavy (non-hydrogen) atoms. The molecule has 0 saturated heterocycles. The Balaban J connectivity index is 3.44. The number of benzene rings is 1. The van der Waals surface area contributed by atoms with E-state index in [9.17, 15) is 14.7 Å². The molecule has 98 valence electrons. The summed E-state index contributed by atoms with van der Waals surface area (Å²) >= 11 is 11.6. The minimum absolute atomic E-state index is 0.0548. The van der Waals surface area contributed by atoms with E-state index >= 15 is 0 Å². The van der Waals surface area contributed by atoms with Crippen LogP contribution in [-0.2, 0) is 24.7 Å². The molecule has 0 aliphatic rings. The summed E-state index contributed by atoms with van der Waals surface area (Å²) in [5.74, 6) is -2.39. The highest BCUT2D eigenvalue weighted by molar-refractivity contribution is 6.35. The molecule has 7 heteroatoms. The van der Waals surface area contributed by atoms with Crippen LogP contribution < -0.4 is 0 Å². The van der Waals surface area contributed by atoms with Gasteiger partial charge in [-0.3, -0.25) is 0 Å². The van der Waals surface area contributed by atoms with Gasteiger partial charge in [0.15, 0.2) is 0 Å². The van der Waals surface area contributed by atoms with Crippen LogP contribution in [0.4, 0.5) is 0 Å². The highest BCUT2D eigenvalue weighted by Gasteiger charge is 2.50. The molecule has 1 aromatic carbocycles. The quantitative estimate of drug-likeness (QED) is 0.676. The molecular weight excluding hydrogens is 283 g/mol. The monoisotopic (exact) mass is 292 g/mol. The van der Waals surface area contributed by atoms with Crippen LogP contribution in [0.2, 0.25) is 10.0 Å². The Labute approximate surface area is 113 Å². The van der Waals surface area contributed by atoms with Crippen LogP contribution in [0.3, 0.4) is 0 Å². The molecular formula is C11H10Cl2O5. The van der Waals surface area contributed by atoms with Gasteiger partial charge >= 0.3 is 11.9 Å². The maximum atomic E-state index is 11.6. The highest BCUT2D eigenvalue weighted by Crippen LogP contribution is 2.32. The fourth-order valence-corrected chi connectivity index (χ4v) is 1.93. The van der Waals surface area contributed by atoms with E-state index in [0.717, 1.165) is 14.2 Å². The van der Waals surface area contributed by atoms with Crippen molar-refractivity contribution in [1.82, 2.24) is 0 Å². The zero-order chi connectivity index (χ0) is 13.9. The van der Waals surface area contributed by atoms with Crippen LogP contribution in [0.15, 0.2) is 18.2 Å². The zero-order valence-electron chi connectivity index (χ0n) is 9.57. The normalized spacial score (nSPS) is 10.9. The fraction of sp³-hybridized carbons (Fsp3) is 0.273. The van der Waals surface area contributed by atoms with Crippen molar-refractivity contribution in [1.29, 1.82) is 0 Å². The Morgan fingerprint density at radius 1 is 1.17 bits per heavy atom. The number of hydrogen-bond acceptors (Lipinski definition) is 5. The number of rotatable bonds is 3. The van der Waals surface area contributed by atoms with Crippen LogP contribution >= 0.6 is 23.2 Å². The standard InChI is InChI=1S/C11H10Cl2O5/c1-17-9(14)11(16,10(15)18-2)7-4-3-6(12)5-8(7)13/h3-5,16H,1-2H3. The molecule has 0 heterocycles. The van der Waals surface area contributed by atoms with Crippen molar-refractivity contribution in [3.8, 4) is 0 Å². The summed E-state index contributed by atoms with van der Waals surface area (Å²) in [6.45, 7) is 0. The first kappa shape index (κ1) is 14.8. The predicted octanol–water partition coefficient (Wildman–Crippen LogP) is 1.53. The number of methoxy groups -OCH3 is 2. The number of esters is 2. The Hall–Kier alpha value is -1.30. The van der Waals surface area contributed by atoms with Crippen LogP contribution in [0.1, 0.15) is 5.56 Å². The van der Waals surface area contributed by atoms with Gasteiger partial charge in [-0.05, 0) is 12.1 Å². The van der Waals surface area contributed by atoms with Gasteiger partial charge in [-0.25, -0.2) is 9.59 Å². The molecule has 1 N–H and O–H groups in total. The summed E-state index contributed by atoms with van der Waals surface area (Å²) in [6, 6.07) is 3.91. The number of ether oxygens (including phenoxy) is 2. The molecule has 0 saturated carbocycles. The number of carbonyl (C=O) groups is 2. The fourth-order valence-electron chi connectivity index (χ4n) is 1.38. The molecule has 0 amide bonds. The lowest BCUT2D eigenvalue weighted by molar-refractivity contribution is -0.181. The molecule has 0 fully saturated rings. The summed E-state index contributed by atoms with van der Waals surface area (Å²) in [5.41, 5.74) is -2.78. The Kier molecular flexibility index (Phi) is 4.56. The number of halogens is 2. The maximum Gasteiger partial charge on any atom is 0.354 e. The van der Waals surface area contributed by atoms with Crippen molar-refractivity contribution < 1.29 is 24.2 Å². The topological polar surface area (TPSA) is 72.8 Å². The molecule has 0 aromatic heterocycles. The van der Waals surface area contributed by atoms with E-state index in [-0.39, 0.29) is 10.6 Å². The first-order valence-electron chi connectivity index (χ1n) is 4.72. The Bertz CT molecular complexity index is 470. The van der Waals surface area contributed by atoms with Gasteiger partial charge in [0.25, 0.3) is 5.60 Å². The van der Waals surface area contributed by atoms with Crippen LogP contribution in [0, 0.1) is 0 Å². The second-order valence-corrected chi connectivity index (χ2v) is 4.16. The zero-order valence-corrected chi connectivity index (χ0v) is 11.1. The summed E-state index contributed by atoms with van der Waals surface area (Å²) < 4.78 is 8.79. The van der Waals surface area contributed by atoms with Crippen LogP contribution in [0.5, 0.6) is 0 Å². The van der Waals surface area contributed by atoms with E-state index in [1.54, 1.807) is 0 Å². The third-order valence-corrected chi connectivity index (χ3v) is 2.83. The van der Waals surface area contributed by atoms with Crippen LogP contribution in [0.25, 0.3) is 0 Å². The van der Waals surface area contributed by atoms with Gasteiger partial charge < -0.3 is 14.6 Å². The summed E-state index contributed by atoms with van der Waals surface area (Å²) in [6.07, 6.45) is 0. The van der Waals surface area contributed by atoms with E-state index in [2.05, 4.69) is 9.47 Å². The van der Waals surface area contributed by atoms with E-state index in [0.29, 0.717) is 5.02 Å². The first-order valence-corrected chi connectivity index (χ1v) is 5.48. The van der Waals surface area contributed by atoms with E-state index in [1.807, 2.05) is 0 Å². The van der Waals surface area contributed by atoms with Crippen molar-refractivity contribution in [2.24, 2.45) is 0 Å². The van der Waals surface area contributed by atoms with Crippen molar-refractivity contribution in [2.45, 2.75) is 5.60 Å². The number of hydrogen-bond donors (Lipinski definition) is 1. The summed E-state index contributed by atoms with van der Waals surface area (Å²) in [5, 5.41) is 10.5. The van der Waals surface area contributed by atoms with Gasteiger partial charge in [0.2, 0.25) is 0 Å². The third kappa shape index (κ3) is 2.43. The van der Waals surface area contributed by atoms with Crippen molar-refractivity contribution in [3.63, 3.8) is 0 Å². The molecule has 0 unspecified atom stereocenters. The van der Waals surface area contributed by atoms with Crippen LogP contribution in [-0.4, -0.2) is 31.3 Å². The minimum atomic E-state index is -2.62. The lowest BCUT2D eigenvalue weighted by atomic mass is 9.94. The lowest BCUT2D eigenvalue weighted by Gasteiger charge is -2.23. The van der Waals surface area contributed by atoms with E-state index in [4.69, 9.17) is 23.2 Å². The number of aliphatic hydroxyl groups is 1. The molecule has 5 nitrogen and oxygen atoms in total. The Morgan fingerprint density at radius 2 is 1.67 bits per heavy atom. The van der Waals surface area contributed by atoms with Gasteiger partial charge in [-0.1, -0.05) is 29.3 Å². The van der Waals surface area contributed by atoms with Gasteiger partial charge in [0.1, 0.15) is 0 Å². The van der Waals surface area contributed by atoms with Gasteiger partial charge in [0, 0.05) is 15.6 Å². The highest BCUT2D eigenvalue weighted by atomic mass is 35.5. The number of carbonyl (C=O) groups excluding carboxylic acids is 2. The molecule has 1 rings (SSSR count). The van der Waals surface area contributed by atoms with Crippen molar-refractivity contribution in [2.75, 3.05) is 14.2 Å². The average Bonchev–Trinajstić information content (AvgIpc) is 2.35. The molecule has 1 aromatic rings. The smallest absolute Gasteiger partial charge is 0.354 e. The lowest BCUT2D eigenvalue weighted by Crippen LogP contribution is -2.45. The second kappa shape index (κ2) is 5.56. The second-order valence-electron chi connectivity index (χ2n) is 3.32. The predicted molar refractivity (Wildman–Crippen MR) is 64.4 cm³/mol. The first-order chi connectivity index (χ1) is 8.37. The molecule has 0 aliphatic carbocycles. The van der Waals surface area contributed by atoms with E-state index < -0.39 is 17.5 Å². The average molecular weight is 293 g/mol. The molecule has 0 radical (unpaired) electrons. The van der Waals surface area contributed by atoms with Crippen molar-refractivity contribution >= 4 is 35.1 Å². The summed E-state index contributed by atoms with van der Waals surface area (Å²) in [7, 11) is 2.06. The summed E-state index contributed by atoms with van der Waals surface area (Å²) in [4.78, 5) is 23.2. The van der Waals surface area contributed by atoms with Crippen molar-refractivity contribution in [3.05, 3.63) is 33.8 Å². The van der Waals surface area contributed by atoms with E-state index in [1.165, 1.54) is 18.2 Å². The van der Waals surface area contributed by atoms with Gasteiger partial charge in [-0.2, -0.15) is 0 Å². The third-order valence-electron chi connectivity index (χ3n) is 2.28.